The van der Waals surface area contributed by atoms with Crippen LogP contribution in [0, 0.1) is 19.9 Å². The van der Waals surface area contributed by atoms with Crippen molar-refractivity contribution in [3.05, 3.63) is 26.0 Å². The monoisotopic (exact) mass is 361 g/mol. The van der Waals surface area contributed by atoms with Crippen LogP contribution in [0.5, 0.6) is 0 Å². The molecular formula is C13H25Hf-3. The molecule has 84 valence electrons. The van der Waals surface area contributed by atoms with Crippen molar-refractivity contribution in [2.75, 3.05) is 0 Å². The molecule has 0 radical (unpaired) electrons. The van der Waals surface area contributed by atoms with Crippen molar-refractivity contribution in [1.29, 1.82) is 0 Å². The van der Waals surface area contributed by atoms with Crippen LogP contribution in [0.4, 0.5) is 0 Å². The normalized spacial score (nSPS) is 11.7. The van der Waals surface area contributed by atoms with E-state index >= 15 is 0 Å². The van der Waals surface area contributed by atoms with Gasteiger partial charge in [-0.2, -0.15) is 19.3 Å². The van der Waals surface area contributed by atoms with Gasteiger partial charge in [0.15, 0.2) is 0 Å². The van der Waals surface area contributed by atoms with Crippen LogP contribution in [0.3, 0.4) is 0 Å². The van der Waals surface area contributed by atoms with Gasteiger partial charge in [-0.25, -0.2) is 0 Å². The molecule has 0 nitrogen and oxygen atoms in total. The largest absolute Gasteiger partial charge is 0.501 e. The summed E-state index contributed by atoms with van der Waals surface area (Å²) in [5.74, 6) is 0. The summed E-state index contributed by atoms with van der Waals surface area (Å²) in [6.07, 6.45) is 13.6. The van der Waals surface area contributed by atoms with Crippen LogP contribution in [-0.4, -0.2) is 0 Å². The average molecular weight is 360 g/mol. The summed E-state index contributed by atoms with van der Waals surface area (Å²) in [7, 11) is 0. The summed E-state index contributed by atoms with van der Waals surface area (Å²) in [5.41, 5.74) is 0. The van der Waals surface area contributed by atoms with Gasteiger partial charge in [0.05, 0.1) is 0 Å². The number of hydrogen-bond donors (Lipinski definition) is 0. The Morgan fingerprint density at radius 3 is 1.64 bits per heavy atom. The van der Waals surface area contributed by atoms with Gasteiger partial charge >= 0.3 is 0 Å². The zero-order valence-corrected chi connectivity index (χ0v) is 13.5. The van der Waals surface area contributed by atoms with Crippen LogP contribution in [0.25, 0.3) is 0 Å². The quantitative estimate of drug-likeness (QED) is 0.492. The van der Waals surface area contributed by atoms with Crippen LogP contribution < -0.4 is 0 Å². The van der Waals surface area contributed by atoms with Crippen LogP contribution in [0.1, 0.15) is 58.8 Å². The Balaban J connectivity index is -0.000000127. The summed E-state index contributed by atoms with van der Waals surface area (Å²) in [6.45, 7) is 11.4. The van der Waals surface area contributed by atoms with E-state index in [4.69, 9.17) is 0 Å². The maximum absolute atomic E-state index is 3.60. The fraction of sp³-hybridized carbons (Fsp3) is 0.692. The average Bonchev–Trinajstić information content (AvgIpc) is 2.76. The van der Waals surface area contributed by atoms with E-state index in [0.29, 0.717) is 0 Å². The zero-order valence-electron chi connectivity index (χ0n) is 9.94. The minimum absolute atomic E-state index is 0. The predicted octanol–water partition coefficient (Wildman–Crippen LogP) is 4.77. The van der Waals surface area contributed by atoms with E-state index in [9.17, 15) is 0 Å². The van der Waals surface area contributed by atoms with Gasteiger partial charge in [0.2, 0.25) is 0 Å². The minimum atomic E-state index is 0. The first-order valence-corrected chi connectivity index (χ1v) is 5.46. The Labute approximate surface area is 110 Å². The fourth-order valence-electron chi connectivity index (χ4n) is 0.510. The van der Waals surface area contributed by atoms with Crippen LogP contribution >= 0.6 is 0 Å². The molecule has 0 saturated heterocycles. The summed E-state index contributed by atoms with van der Waals surface area (Å²) in [6, 6.07) is 0. The zero-order chi connectivity index (χ0) is 10.4. The molecule has 0 unspecified atom stereocenters. The Kier molecular flexibility index (Phi) is 33.6. The standard InChI is InChI=1S/C5H7.2C4H9.Hf/c1-2-4-5-3-1;2*1-3-4-2;/h1H,2,4-5H2;2*1,3-4H2,2H3;/q3*-1;. The van der Waals surface area contributed by atoms with E-state index in [1.807, 2.05) is 0 Å². The molecule has 14 heavy (non-hydrogen) atoms. The number of unbranched alkanes of at least 4 members (excludes halogenated alkanes) is 2. The molecule has 0 saturated carbocycles. The molecule has 0 atom stereocenters. The van der Waals surface area contributed by atoms with E-state index < -0.39 is 0 Å². The first-order valence-electron chi connectivity index (χ1n) is 5.46. The van der Waals surface area contributed by atoms with Crippen molar-refractivity contribution in [3.63, 3.8) is 0 Å². The summed E-state index contributed by atoms with van der Waals surface area (Å²) in [4.78, 5) is 0. The molecule has 0 heterocycles. The fourth-order valence-corrected chi connectivity index (χ4v) is 0.510. The van der Waals surface area contributed by atoms with Crippen molar-refractivity contribution in [1.82, 2.24) is 0 Å². The molecule has 1 aliphatic carbocycles. The van der Waals surface area contributed by atoms with Gasteiger partial charge in [-0.3, -0.25) is 6.08 Å². The van der Waals surface area contributed by atoms with E-state index in [2.05, 4.69) is 39.8 Å². The molecule has 0 amide bonds. The Bertz CT molecular complexity index is 73.2. The molecule has 0 aromatic heterocycles. The van der Waals surface area contributed by atoms with Crippen molar-refractivity contribution < 1.29 is 25.8 Å². The third-order valence-electron chi connectivity index (χ3n) is 1.52. The molecule has 1 rings (SSSR count). The third kappa shape index (κ3) is 29.4. The molecule has 0 aromatic rings. The topological polar surface area (TPSA) is 0 Å². The number of hydrogen-bond acceptors (Lipinski definition) is 0. The Hall–Kier alpha value is 0.610. The Morgan fingerprint density at radius 1 is 1.14 bits per heavy atom. The number of rotatable bonds is 2. The van der Waals surface area contributed by atoms with Crippen molar-refractivity contribution in [2.45, 2.75) is 58.8 Å². The van der Waals surface area contributed by atoms with Crippen LogP contribution in [0.2, 0.25) is 0 Å². The Morgan fingerprint density at radius 2 is 1.57 bits per heavy atom. The second-order valence-corrected chi connectivity index (χ2v) is 3.01. The van der Waals surface area contributed by atoms with Gasteiger partial charge in [-0.15, -0.1) is 0 Å². The molecule has 0 aliphatic heterocycles. The van der Waals surface area contributed by atoms with Crippen molar-refractivity contribution in [2.24, 2.45) is 0 Å². The SMILES string of the molecule is [C-]1=CCCC1.[CH2-]CCC.[CH2-]CCC.[Hf]. The van der Waals surface area contributed by atoms with Crippen LogP contribution in [-0.2, 0) is 25.8 Å². The van der Waals surface area contributed by atoms with Gasteiger partial charge in [0.1, 0.15) is 0 Å². The summed E-state index contributed by atoms with van der Waals surface area (Å²) < 4.78 is 0. The molecular weight excluding hydrogens is 335 g/mol. The van der Waals surface area contributed by atoms with E-state index in [0.717, 1.165) is 12.8 Å². The number of allylic oxidation sites excluding steroid dienone is 2. The predicted molar refractivity (Wildman–Crippen MR) is 62.2 cm³/mol. The maximum atomic E-state index is 3.60. The molecule has 1 aliphatic rings. The maximum Gasteiger partial charge on any atom is 0 e. The molecule has 0 bridgehead atoms. The van der Waals surface area contributed by atoms with E-state index in [-0.39, 0.29) is 25.8 Å². The van der Waals surface area contributed by atoms with Crippen molar-refractivity contribution >= 4 is 0 Å². The molecule has 0 N–H and O–H groups in total. The van der Waals surface area contributed by atoms with Gasteiger partial charge in [0, 0.05) is 25.8 Å². The molecule has 1 heteroatoms. The minimum Gasteiger partial charge on any atom is -0.501 e. The summed E-state index contributed by atoms with van der Waals surface area (Å²) in [5, 5.41) is 0. The second kappa shape index (κ2) is 23.4. The van der Waals surface area contributed by atoms with Gasteiger partial charge < -0.3 is 19.9 Å². The first kappa shape index (κ1) is 20.1. The van der Waals surface area contributed by atoms with Crippen LogP contribution in [0.15, 0.2) is 6.08 Å². The molecule has 0 aromatic carbocycles. The third-order valence-corrected chi connectivity index (χ3v) is 1.52. The first-order chi connectivity index (χ1) is 6.33. The van der Waals surface area contributed by atoms with E-state index in [1.165, 1.54) is 32.1 Å². The van der Waals surface area contributed by atoms with Gasteiger partial charge in [0.25, 0.3) is 0 Å². The van der Waals surface area contributed by atoms with Gasteiger partial charge in [-0.05, 0) is 0 Å². The molecule has 0 fully saturated rings. The second-order valence-electron chi connectivity index (χ2n) is 3.01. The van der Waals surface area contributed by atoms with E-state index in [1.54, 1.807) is 0 Å². The van der Waals surface area contributed by atoms with Gasteiger partial charge in [-0.1, -0.05) is 39.5 Å². The molecule has 0 spiro atoms. The smallest absolute Gasteiger partial charge is 0 e. The van der Waals surface area contributed by atoms with Crippen molar-refractivity contribution in [3.8, 4) is 0 Å². The summed E-state index contributed by atoms with van der Waals surface area (Å²) >= 11 is 0.